The molecule has 2 heterocycles. The highest BCUT2D eigenvalue weighted by molar-refractivity contribution is 7.17. The van der Waals surface area contributed by atoms with Crippen LogP contribution in [0.5, 0.6) is 0 Å². The van der Waals surface area contributed by atoms with Gasteiger partial charge < -0.3 is 10.3 Å². The summed E-state index contributed by atoms with van der Waals surface area (Å²) in [4.78, 5) is 19.1. The molecule has 100 valence electrons. The van der Waals surface area contributed by atoms with Crippen LogP contribution < -0.4 is 10.9 Å². The van der Waals surface area contributed by atoms with E-state index in [9.17, 15) is 4.79 Å². The number of hydrogen-bond donors (Lipinski definition) is 2. The van der Waals surface area contributed by atoms with Crippen LogP contribution in [0.2, 0.25) is 0 Å². The Bertz CT molecular complexity index is 643. The summed E-state index contributed by atoms with van der Waals surface area (Å²) in [7, 11) is 0. The van der Waals surface area contributed by atoms with Gasteiger partial charge in [-0.2, -0.15) is 0 Å². The summed E-state index contributed by atoms with van der Waals surface area (Å²) in [5.74, 6) is 1.43. The van der Waals surface area contributed by atoms with Gasteiger partial charge >= 0.3 is 0 Å². The average molecular weight is 275 g/mol. The number of nitrogens with one attached hydrogen (secondary N) is 2. The lowest BCUT2D eigenvalue weighted by atomic mass is 9.94. The second-order valence-electron chi connectivity index (χ2n) is 4.93. The summed E-state index contributed by atoms with van der Waals surface area (Å²) in [5.41, 5.74) is 0.767. The molecule has 2 N–H and O–H groups in total. The molecule has 0 radical (unpaired) electrons. The van der Waals surface area contributed by atoms with E-state index in [0.29, 0.717) is 17.2 Å². The SMILES string of the molecule is O=c1[nH]c(CNCC2CC=CCC2)nc2ccsc12. The molecule has 0 amide bonds. The van der Waals surface area contributed by atoms with Gasteiger partial charge in [0.15, 0.2) is 0 Å². The van der Waals surface area contributed by atoms with Crippen molar-refractivity contribution in [3.8, 4) is 0 Å². The molecule has 0 fully saturated rings. The van der Waals surface area contributed by atoms with Crippen molar-refractivity contribution in [2.24, 2.45) is 5.92 Å². The van der Waals surface area contributed by atoms with Crippen LogP contribution in [0.4, 0.5) is 0 Å². The molecule has 5 heteroatoms. The Kier molecular flexibility index (Phi) is 3.75. The summed E-state index contributed by atoms with van der Waals surface area (Å²) in [5, 5.41) is 5.29. The van der Waals surface area contributed by atoms with Crippen LogP contribution in [-0.4, -0.2) is 16.5 Å². The topological polar surface area (TPSA) is 57.8 Å². The summed E-state index contributed by atoms with van der Waals surface area (Å²) in [6.07, 6.45) is 8.09. The van der Waals surface area contributed by atoms with Crippen LogP contribution in [0, 0.1) is 5.92 Å². The normalized spacial score (nSPS) is 19.1. The fourth-order valence-corrected chi connectivity index (χ4v) is 3.17. The van der Waals surface area contributed by atoms with Gasteiger partial charge in [0.2, 0.25) is 0 Å². The van der Waals surface area contributed by atoms with Gasteiger partial charge in [-0.15, -0.1) is 11.3 Å². The quantitative estimate of drug-likeness (QED) is 0.843. The first-order chi connectivity index (χ1) is 9.33. The first-order valence-electron chi connectivity index (χ1n) is 6.65. The molecular formula is C14H17N3OS. The predicted octanol–water partition coefficient (Wildman–Crippen LogP) is 2.43. The predicted molar refractivity (Wildman–Crippen MR) is 78.4 cm³/mol. The van der Waals surface area contributed by atoms with Crippen molar-refractivity contribution in [3.05, 3.63) is 39.8 Å². The van der Waals surface area contributed by atoms with E-state index in [1.807, 2.05) is 11.4 Å². The zero-order chi connectivity index (χ0) is 13.1. The highest BCUT2D eigenvalue weighted by atomic mass is 32.1. The zero-order valence-corrected chi connectivity index (χ0v) is 11.5. The third kappa shape index (κ3) is 2.93. The maximum Gasteiger partial charge on any atom is 0.268 e. The van der Waals surface area contributed by atoms with Crippen molar-refractivity contribution >= 4 is 21.6 Å². The largest absolute Gasteiger partial charge is 0.310 e. The molecule has 3 rings (SSSR count). The Morgan fingerprint density at radius 1 is 1.47 bits per heavy atom. The second-order valence-corrected chi connectivity index (χ2v) is 5.85. The van der Waals surface area contributed by atoms with E-state index in [4.69, 9.17) is 0 Å². The van der Waals surface area contributed by atoms with Crippen molar-refractivity contribution in [1.82, 2.24) is 15.3 Å². The van der Waals surface area contributed by atoms with Crippen LogP contribution in [-0.2, 0) is 6.54 Å². The Balaban J connectivity index is 1.62. The second kappa shape index (κ2) is 5.67. The molecule has 0 spiro atoms. The smallest absolute Gasteiger partial charge is 0.268 e. The molecule has 0 aromatic carbocycles. The molecule has 0 bridgehead atoms. The van der Waals surface area contributed by atoms with Gasteiger partial charge in [-0.3, -0.25) is 4.79 Å². The molecule has 1 unspecified atom stereocenters. The lowest BCUT2D eigenvalue weighted by Gasteiger charge is -2.17. The van der Waals surface area contributed by atoms with Crippen molar-refractivity contribution in [2.45, 2.75) is 25.8 Å². The lowest BCUT2D eigenvalue weighted by molar-refractivity contribution is 0.437. The molecule has 1 aliphatic rings. The molecule has 4 nitrogen and oxygen atoms in total. The molecule has 0 saturated carbocycles. The third-order valence-electron chi connectivity index (χ3n) is 3.47. The Morgan fingerprint density at radius 3 is 3.26 bits per heavy atom. The minimum atomic E-state index is -0.0302. The van der Waals surface area contributed by atoms with Crippen LogP contribution in [0.1, 0.15) is 25.1 Å². The number of rotatable bonds is 4. The summed E-state index contributed by atoms with van der Waals surface area (Å²) < 4.78 is 0.709. The average Bonchev–Trinajstić information content (AvgIpc) is 2.89. The van der Waals surface area contributed by atoms with Crippen LogP contribution in [0.15, 0.2) is 28.4 Å². The number of H-pyrrole nitrogens is 1. The molecule has 19 heavy (non-hydrogen) atoms. The first kappa shape index (κ1) is 12.6. The van der Waals surface area contributed by atoms with E-state index in [1.54, 1.807) is 0 Å². The molecule has 1 atom stereocenters. The van der Waals surface area contributed by atoms with Crippen LogP contribution in [0.25, 0.3) is 10.2 Å². The van der Waals surface area contributed by atoms with Gasteiger partial charge in [-0.1, -0.05) is 12.2 Å². The Hall–Kier alpha value is -1.46. The van der Waals surface area contributed by atoms with Gasteiger partial charge in [-0.05, 0) is 43.2 Å². The van der Waals surface area contributed by atoms with Gasteiger partial charge in [0.1, 0.15) is 10.5 Å². The number of aromatic amines is 1. The molecular weight excluding hydrogens is 258 g/mol. The van der Waals surface area contributed by atoms with Crippen molar-refractivity contribution < 1.29 is 0 Å². The van der Waals surface area contributed by atoms with E-state index < -0.39 is 0 Å². The standard InChI is InChI=1S/C14H17N3OS/c18-14-13-11(6-7-19-13)16-12(17-14)9-15-8-10-4-2-1-3-5-10/h1-2,6-7,10,15H,3-5,8-9H2,(H,16,17,18). The first-order valence-corrected chi connectivity index (χ1v) is 7.53. The minimum absolute atomic E-state index is 0.0302. The lowest BCUT2D eigenvalue weighted by Crippen LogP contribution is -2.25. The number of fused-ring (bicyclic) bond motifs is 1. The molecule has 2 aromatic rings. The maximum absolute atomic E-state index is 11.8. The molecule has 0 saturated heterocycles. The minimum Gasteiger partial charge on any atom is -0.310 e. The van der Waals surface area contributed by atoms with Crippen molar-refractivity contribution in [2.75, 3.05) is 6.54 Å². The Morgan fingerprint density at radius 2 is 2.42 bits per heavy atom. The van der Waals surface area contributed by atoms with E-state index in [-0.39, 0.29) is 5.56 Å². The number of thiophene rings is 1. The summed E-state index contributed by atoms with van der Waals surface area (Å²) in [6, 6.07) is 1.89. The Labute approximate surface area is 115 Å². The molecule has 2 aromatic heterocycles. The monoisotopic (exact) mass is 275 g/mol. The van der Waals surface area contributed by atoms with E-state index >= 15 is 0 Å². The van der Waals surface area contributed by atoms with Gasteiger partial charge in [0.05, 0.1) is 12.1 Å². The van der Waals surface area contributed by atoms with Gasteiger partial charge in [0, 0.05) is 0 Å². The van der Waals surface area contributed by atoms with Gasteiger partial charge in [-0.25, -0.2) is 4.98 Å². The zero-order valence-electron chi connectivity index (χ0n) is 10.7. The fraction of sp³-hybridized carbons (Fsp3) is 0.429. The van der Waals surface area contributed by atoms with Crippen molar-refractivity contribution in [1.29, 1.82) is 0 Å². The number of hydrogen-bond acceptors (Lipinski definition) is 4. The maximum atomic E-state index is 11.8. The third-order valence-corrected chi connectivity index (χ3v) is 4.37. The van der Waals surface area contributed by atoms with E-state index in [2.05, 4.69) is 27.4 Å². The fourth-order valence-electron chi connectivity index (χ4n) is 2.44. The van der Waals surface area contributed by atoms with E-state index in [1.165, 1.54) is 24.2 Å². The summed E-state index contributed by atoms with van der Waals surface area (Å²) >= 11 is 1.43. The van der Waals surface area contributed by atoms with Gasteiger partial charge in [0.25, 0.3) is 5.56 Å². The highest BCUT2D eigenvalue weighted by Gasteiger charge is 2.10. The van der Waals surface area contributed by atoms with Crippen molar-refractivity contribution in [3.63, 3.8) is 0 Å². The highest BCUT2D eigenvalue weighted by Crippen LogP contribution is 2.17. The number of allylic oxidation sites excluding steroid dienone is 2. The number of nitrogens with zero attached hydrogens (tertiary/aromatic N) is 1. The summed E-state index contributed by atoms with van der Waals surface area (Å²) in [6.45, 7) is 1.61. The molecule has 1 aliphatic carbocycles. The van der Waals surface area contributed by atoms with Crippen LogP contribution in [0.3, 0.4) is 0 Å². The van der Waals surface area contributed by atoms with E-state index in [0.717, 1.165) is 24.3 Å². The van der Waals surface area contributed by atoms with Crippen LogP contribution >= 0.6 is 11.3 Å². The molecule has 0 aliphatic heterocycles. The number of aromatic nitrogens is 2.